The highest BCUT2D eigenvalue weighted by Crippen LogP contribution is 2.46. The molecule has 0 bridgehead atoms. The van der Waals surface area contributed by atoms with Gasteiger partial charge >= 0.3 is 5.97 Å². The zero-order valence-corrected chi connectivity index (χ0v) is 14.2. The Labute approximate surface area is 142 Å². The maximum Gasteiger partial charge on any atom is 0.330 e. The van der Waals surface area contributed by atoms with Crippen molar-refractivity contribution in [1.29, 1.82) is 0 Å². The lowest BCUT2D eigenvalue weighted by Gasteiger charge is -2.26. The predicted octanol–water partition coefficient (Wildman–Crippen LogP) is 1.56. The van der Waals surface area contributed by atoms with Crippen LogP contribution < -0.4 is 5.32 Å². The molecule has 132 valence electrons. The molecular formula is C18H26N2O4. The van der Waals surface area contributed by atoms with Crippen molar-refractivity contribution in [3.8, 4) is 0 Å². The van der Waals surface area contributed by atoms with E-state index < -0.39 is 17.4 Å². The lowest BCUT2D eigenvalue weighted by Crippen LogP contribution is -2.49. The van der Waals surface area contributed by atoms with E-state index >= 15 is 0 Å². The number of rotatable bonds is 1. The van der Waals surface area contributed by atoms with Crippen LogP contribution in [0.5, 0.6) is 0 Å². The number of hydrogen-bond acceptors (Lipinski definition) is 3. The van der Waals surface area contributed by atoms with Gasteiger partial charge in [0.05, 0.1) is 0 Å². The Balaban J connectivity index is 1.82. The summed E-state index contributed by atoms with van der Waals surface area (Å²) in [4.78, 5) is 38.8. The molecule has 0 radical (unpaired) electrons. The number of nitrogens with one attached hydrogen (secondary N) is 1. The standard InChI is InChI=1S/C18H26N2O4/c1-20-10-5-3-2-4-7-12-11-18(12,17(23)24)19-15(21)13-8-6-9-14(13)16(20)22/h4,7,12-14H,2-3,5-6,8-11H2,1H3,(H,19,21)(H,23,24)/b7-4-/t12-,13-,14-,18-/m1/s1. The Morgan fingerprint density at radius 1 is 1.25 bits per heavy atom. The molecule has 3 rings (SSSR count). The second-order valence-electron chi connectivity index (χ2n) is 7.40. The van der Waals surface area contributed by atoms with Crippen LogP contribution in [0, 0.1) is 17.8 Å². The minimum absolute atomic E-state index is 0.0250. The summed E-state index contributed by atoms with van der Waals surface area (Å²) in [6.07, 6.45) is 9.35. The molecule has 6 nitrogen and oxygen atoms in total. The summed E-state index contributed by atoms with van der Waals surface area (Å²) in [5.74, 6) is -2.07. The molecule has 3 aliphatic rings. The van der Waals surface area contributed by atoms with Crippen LogP contribution in [0.25, 0.3) is 0 Å². The normalized spacial score (nSPS) is 38.5. The molecule has 0 unspecified atom stereocenters. The number of carboxylic acids is 1. The van der Waals surface area contributed by atoms with E-state index in [0.29, 0.717) is 25.8 Å². The van der Waals surface area contributed by atoms with Crippen molar-refractivity contribution in [2.75, 3.05) is 13.6 Å². The van der Waals surface area contributed by atoms with Gasteiger partial charge in [-0.1, -0.05) is 18.6 Å². The quantitative estimate of drug-likeness (QED) is 0.713. The summed E-state index contributed by atoms with van der Waals surface area (Å²) in [5.41, 5.74) is -1.17. The molecular weight excluding hydrogens is 308 g/mol. The van der Waals surface area contributed by atoms with E-state index in [4.69, 9.17) is 0 Å². The third-order valence-electron chi connectivity index (χ3n) is 5.77. The monoisotopic (exact) mass is 334 g/mol. The lowest BCUT2D eigenvalue weighted by atomic mass is 9.93. The number of hydrogen-bond donors (Lipinski definition) is 2. The van der Waals surface area contributed by atoms with Gasteiger partial charge in [-0.25, -0.2) is 4.79 Å². The van der Waals surface area contributed by atoms with Crippen LogP contribution in [0.1, 0.15) is 44.9 Å². The molecule has 1 aliphatic heterocycles. The van der Waals surface area contributed by atoms with Crippen molar-refractivity contribution in [3.05, 3.63) is 12.2 Å². The van der Waals surface area contributed by atoms with Gasteiger partial charge in [0.2, 0.25) is 11.8 Å². The van der Waals surface area contributed by atoms with E-state index in [1.807, 2.05) is 12.2 Å². The number of carboxylic acid groups (broad SMARTS) is 1. The SMILES string of the molecule is CN1CCCC/C=C\[C@@H]2C[C@@]2(C(=O)O)NC(=O)[C@@H]2CCC[C@H]2C1=O. The molecule has 2 aliphatic carbocycles. The first kappa shape index (κ1) is 17.0. The number of amides is 2. The van der Waals surface area contributed by atoms with E-state index in [1.165, 1.54) is 0 Å². The van der Waals surface area contributed by atoms with Crippen molar-refractivity contribution in [3.63, 3.8) is 0 Å². The Hall–Kier alpha value is -1.85. The number of carbonyl (C=O) groups is 3. The summed E-state index contributed by atoms with van der Waals surface area (Å²) < 4.78 is 0. The van der Waals surface area contributed by atoms with Gasteiger partial charge in [-0.15, -0.1) is 0 Å². The molecule has 4 atom stereocenters. The Kier molecular flexibility index (Phi) is 4.65. The Morgan fingerprint density at radius 2 is 2.00 bits per heavy atom. The zero-order valence-electron chi connectivity index (χ0n) is 14.2. The Morgan fingerprint density at radius 3 is 2.75 bits per heavy atom. The summed E-state index contributed by atoms with van der Waals surface area (Å²) in [5, 5.41) is 12.3. The molecule has 0 aromatic carbocycles. The highest BCUT2D eigenvalue weighted by atomic mass is 16.4. The first-order valence-electron chi connectivity index (χ1n) is 8.93. The lowest BCUT2D eigenvalue weighted by molar-refractivity contribution is -0.145. The average Bonchev–Trinajstić information content (AvgIpc) is 3.03. The van der Waals surface area contributed by atoms with Crippen molar-refractivity contribution in [1.82, 2.24) is 10.2 Å². The number of aliphatic carboxylic acids is 1. The molecule has 0 spiro atoms. The summed E-state index contributed by atoms with van der Waals surface area (Å²) in [6, 6.07) is 0. The van der Waals surface area contributed by atoms with Crippen LogP contribution in [-0.4, -0.2) is 46.9 Å². The second kappa shape index (κ2) is 6.57. The number of nitrogens with zero attached hydrogens (tertiary/aromatic N) is 1. The van der Waals surface area contributed by atoms with Gasteiger partial charge in [0.15, 0.2) is 0 Å². The molecule has 0 saturated heterocycles. The first-order chi connectivity index (χ1) is 11.5. The van der Waals surface area contributed by atoms with E-state index in [0.717, 1.165) is 25.7 Å². The number of carbonyl (C=O) groups excluding carboxylic acids is 2. The molecule has 6 heteroatoms. The van der Waals surface area contributed by atoms with Gasteiger partial charge in [0.25, 0.3) is 0 Å². The molecule has 2 fully saturated rings. The predicted molar refractivity (Wildman–Crippen MR) is 88.1 cm³/mol. The van der Waals surface area contributed by atoms with Crippen molar-refractivity contribution in [2.45, 2.75) is 50.5 Å². The van der Waals surface area contributed by atoms with Crippen LogP contribution in [0.4, 0.5) is 0 Å². The summed E-state index contributed by atoms with van der Waals surface area (Å²) in [6.45, 7) is 0.708. The first-order valence-corrected chi connectivity index (χ1v) is 8.93. The fourth-order valence-electron chi connectivity index (χ4n) is 4.11. The molecule has 2 amide bonds. The van der Waals surface area contributed by atoms with Crippen LogP contribution in [0.2, 0.25) is 0 Å². The minimum atomic E-state index is -1.17. The fraction of sp³-hybridized carbons (Fsp3) is 0.722. The smallest absolute Gasteiger partial charge is 0.330 e. The van der Waals surface area contributed by atoms with E-state index in [-0.39, 0.29) is 23.7 Å². The van der Waals surface area contributed by atoms with Crippen LogP contribution in [0.15, 0.2) is 12.2 Å². The molecule has 2 saturated carbocycles. The Bertz CT molecular complexity index is 573. The van der Waals surface area contributed by atoms with Gasteiger partial charge in [0.1, 0.15) is 5.54 Å². The van der Waals surface area contributed by atoms with Gasteiger partial charge < -0.3 is 15.3 Å². The fourth-order valence-corrected chi connectivity index (χ4v) is 4.11. The molecule has 2 N–H and O–H groups in total. The van der Waals surface area contributed by atoms with E-state index in [1.54, 1.807) is 11.9 Å². The largest absolute Gasteiger partial charge is 0.479 e. The summed E-state index contributed by atoms with van der Waals surface area (Å²) >= 11 is 0. The molecule has 0 aromatic rings. The van der Waals surface area contributed by atoms with Gasteiger partial charge in [-0.05, 0) is 38.5 Å². The van der Waals surface area contributed by atoms with Crippen LogP contribution in [0.3, 0.4) is 0 Å². The topological polar surface area (TPSA) is 86.7 Å². The number of allylic oxidation sites excluding steroid dienone is 1. The maximum absolute atomic E-state index is 12.7. The molecule has 24 heavy (non-hydrogen) atoms. The minimum Gasteiger partial charge on any atom is -0.479 e. The van der Waals surface area contributed by atoms with Crippen LogP contribution >= 0.6 is 0 Å². The van der Waals surface area contributed by atoms with E-state index in [2.05, 4.69) is 5.32 Å². The zero-order chi connectivity index (χ0) is 17.3. The van der Waals surface area contributed by atoms with Crippen molar-refractivity contribution in [2.24, 2.45) is 17.8 Å². The third-order valence-corrected chi connectivity index (χ3v) is 5.77. The van der Waals surface area contributed by atoms with Crippen molar-refractivity contribution < 1.29 is 19.5 Å². The van der Waals surface area contributed by atoms with Gasteiger partial charge in [-0.3, -0.25) is 9.59 Å². The van der Waals surface area contributed by atoms with Crippen LogP contribution in [-0.2, 0) is 14.4 Å². The maximum atomic E-state index is 12.7. The average molecular weight is 334 g/mol. The second-order valence-corrected chi connectivity index (χ2v) is 7.40. The van der Waals surface area contributed by atoms with Crippen molar-refractivity contribution >= 4 is 17.8 Å². The highest BCUT2D eigenvalue weighted by molar-refractivity contribution is 5.94. The highest BCUT2D eigenvalue weighted by Gasteiger charge is 2.61. The number of fused-ring (bicyclic) bond motifs is 2. The van der Waals surface area contributed by atoms with E-state index in [9.17, 15) is 19.5 Å². The van der Waals surface area contributed by atoms with Gasteiger partial charge in [-0.2, -0.15) is 0 Å². The molecule has 0 aromatic heterocycles. The van der Waals surface area contributed by atoms with Gasteiger partial charge in [0, 0.05) is 31.3 Å². The molecule has 1 heterocycles. The summed E-state index contributed by atoms with van der Waals surface area (Å²) in [7, 11) is 1.80. The third kappa shape index (κ3) is 3.06.